The van der Waals surface area contributed by atoms with Crippen molar-refractivity contribution in [3.63, 3.8) is 0 Å². The zero-order valence-electron chi connectivity index (χ0n) is 12.1. The number of nitrogens with one attached hydrogen (secondary N) is 1. The fourth-order valence-corrected chi connectivity index (χ4v) is 4.32. The fourth-order valence-electron chi connectivity index (χ4n) is 3.32. The van der Waals surface area contributed by atoms with Crippen LogP contribution >= 0.6 is 11.3 Å². The van der Waals surface area contributed by atoms with Crippen LogP contribution in [0.1, 0.15) is 54.1 Å². The van der Waals surface area contributed by atoms with Crippen LogP contribution in [0.4, 0.5) is 0 Å². The highest BCUT2D eigenvalue weighted by Crippen LogP contribution is 2.42. The van der Waals surface area contributed by atoms with Gasteiger partial charge in [-0.15, -0.1) is 11.3 Å². The molecule has 20 heavy (non-hydrogen) atoms. The van der Waals surface area contributed by atoms with Crippen molar-refractivity contribution in [3.05, 3.63) is 57.8 Å². The first-order chi connectivity index (χ1) is 9.90. The minimum absolute atomic E-state index is 0.463. The molecule has 0 saturated carbocycles. The molecule has 1 nitrogen and oxygen atoms in total. The summed E-state index contributed by atoms with van der Waals surface area (Å²) >= 11 is 1.94. The Morgan fingerprint density at radius 2 is 2.10 bits per heavy atom. The van der Waals surface area contributed by atoms with Crippen LogP contribution in [0.3, 0.4) is 0 Å². The van der Waals surface area contributed by atoms with Gasteiger partial charge in [-0.2, -0.15) is 0 Å². The molecule has 0 amide bonds. The first-order valence-corrected chi connectivity index (χ1v) is 8.62. The van der Waals surface area contributed by atoms with Crippen LogP contribution in [-0.4, -0.2) is 6.54 Å². The summed E-state index contributed by atoms with van der Waals surface area (Å²) in [6.45, 7) is 3.33. The summed E-state index contributed by atoms with van der Waals surface area (Å²) in [5.74, 6) is 0.638. The van der Waals surface area contributed by atoms with Crippen LogP contribution in [0.15, 0.2) is 41.8 Å². The third kappa shape index (κ3) is 2.82. The lowest BCUT2D eigenvalue weighted by molar-refractivity contribution is 0.404. The van der Waals surface area contributed by atoms with Crippen molar-refractivity contribution in [3.8, 4) is 0 Å². The van der Waals surface area contributed by atoms with Crippen LogP contribution in [0, 0.1) is 0 Å². The molecule has 0 saturated heterocycles. The van der Waals surface area contributed by atoms with Gasteiger partial charge in [0.05, 0.1) is 0 Å². The highest BCUT2D eigenvalue weighted by atomic mass is 32.1. The van der Waals surface area contributed by atoms with E-state index in [1.165, 1.54) is 31.2 Å². The molecule has 1 aliphatic rings. The van der Waals surface area contributed by atoms with E-state index in [1.807, 2.05) is 11.3 Å². The Kier molecular flexibility index (Phi) is 4.54. The zero-order chi connectivity index (χ0) is 13.8. The van der Waals surface area contributed by atoms with Crippen LogP contribution < -0.4 is 5.32 Å². The SMILES string of the molecule is CCCNC(c1ccccc1)C1CCCc2sccc21. The first kappa shape index (κ1) is 13.8. The zero-order valence-corrected chi connectivity index (χ0v) is 13.0. The minimum Gasteiger partial charge on any atom is -0.309 e. The van der Waals surface area contributed by atoms with Crippen LogP contribution in [-0.2, 0) is 6.42 Å². The number of thiophene rings is 1. The Balaban J connectivity index is 1.91. The Morgan fingerprint density at radius 1 is 1.25 bits per heavy atom. The van der Waals surface area contributed by atoms with Crippen molar-refractivity contribution < 1.29 is 0 Å². The summed E-state index contributed by atoms with van der Waals surface area (Å²) in [7, 11) is 0. The standard InChI is InChI=1S/C18H23NS/c1-2-12-19-18(14-7-4-3-5-8-14)16-9-6-10-17-15(16)11-13-20-17/h3-5,7-8,11,13,16,18-19H,2,6,9-10,12H2,1H3. The summed E-state index contributed by atoms with van der Waals surface area (Å²) in [4.78, 5) is 1.61. The largest absolute Gasteiger partial charge is 0.309 e. The van der Waals surface area contributed by atoms with Crippen molar-refractivity contribution in [2.45, 2.75) is 44.6 Å². The molecule has 1 aromatic carbocycles. The van der Waals surface area contributed by atoms with Crippen molar-refractivity contribution in [2.75, 3.05) is 6.54 Å². The molecule has 0 bridgehead atoms. The maximum atomic E-state index is 3.79. The molecule has 1 N–H and O–H groups in total. The molecule has 2 atom stereocenters. The molecule has 3 rings (SSSR count). The second-order valence-corrected chi connectivity index (χ2v) is 6.64. The van der Waals surface area contributed by atoms with Gasteiger partial charge in [0.25, 0.3) is 0 Å². The summed E-state index contributed by atoms with van der Waals surface area (Å²) in [5, 5.41) is 6.06. The second kappa shape index (κ2) is 6.55. The van der Waals surface area contributed by atoms with Gasteiger partial charge < -0.3 is 5.32 Å². The Hall–Kier alpha value is -1.12. The molecular formula is C18H23NS. The van der Waals surface area contributed by atoms with E-state index in [1.54, 1.807) is 10.4 Å². The number of rotatable bonds is 5. The molecule has 1 heterocycles. The molecule has 0 aliphatic heterocycles. The van der Waals surface area contributed by atoms with E-state index in [0.717, 1.165) is 6.54 Å². The molecule has 0 spiro atoms. The molecule has 2 heteroatoms. The van der Waals surface area contributed by atoms with Gasteiger partial charge in [-0.3, -0.25) is 0 Å². The Bertz CT molecular complexity index is 531. The average Bonchev–Trinajstić information content (AvgIpc) is 2.98. The van der Waals surface area contributed by atoms with E-state index in [2.05, 4.69) is 54.0 Å². The maximum absolute atomic E-state index is 3.79. The third-order valence-corrected chi connectivity index (χ3v) is 5.27. The van der Waals surface area contributed by atoms with Gasteiger partial charge >= 0.3 is 0 Å². The normalized spacial score (nSPS) is 19.6. The maximum Gasteiger partial charge on any atom is 0.0389 e. The molecule has 0 radical (unpaired) electrons. The summed E-state index contributed by atoms with van der Waals surface area (Å²) in [5.41, 5.74) is 3.03. The summed E-state index contributed by atoms with van der Waals surface area (Å²) in [6.07, 6.45) is 5.10. The molecule has 0 fully saturated rings. The molecule has 1 aromatic heterocycles. The topological polar surface area (TPSA) is 12.0 Å². The van der Waals surface area contributed by atoms with Gasteiger partial charge in [-0.05, 0) is 54.8 Å². The molecular weight excluding hydrogens is 262 g/mol. The van der Waals surface area contributed by atoms with E-state index in [0.29, 0.717) is 12.0 Å². The van der Waals surface area contributed by atoms with Crippen LogP contribution in [0.5, 0.6) is 0 Å². The van der Waals surface area contributed by atoms with Gasteiger partial charge in [-0.25, -0.2) is 0 Å². The third-order valence-electron chi connectivity index (χ3n) is 4.27. The Labute approximate surface area is 126 Å². The van der Waals surface area contributed by atoms with Gasteiger partial charge in [0.15, 0.2) is 0 Å². The number of benzene rings is 1. The van der Waals surface area contributed by atoms with Crippen LogP contribution in [0.2, 0.25) is 0 Å². The molecule has 2 aromatic rings. The smallest absolute Gasteiger partial charge is 0.0389 e. The lowest BCUT2D eigenvalue weighted by atomic mass is 9.80. The fraction of sp³-hybridized carbons (Fsp3) is 0.444. The summed E-state index contributed by atoms with van der Waals surface area (Å²) in [6, 6.07) is 13.8. The molecule has 2 unspecified atom stereocenters. The van der Waals surface area contributed by atoms with Crippen molar-refractivity contribution in [2.24, 2.45) is 0 Å². The van der Waals surface area contributed by atoms with Gasteiger partial charge in [-0.1, -0.05) is 37.3 Å². The summed E-state index contributed by atoms with van der Waals surface area (Å²) < 4.78 is 0. The quantitative estimate of drug-likeness (QED) is 0.823. The van der Waals surface area contributed by atoms with E-state index in [4.69, 9.17) is 0 Å². The Morgan fingerprint density at radius 3 is 2.90 bits per heavy atom. The number of fused-ring (bicyclic) bond motifs is 1. The van der Waals surface area contributed by atoms with E-state index in [9.17, 15) is 0 Å². The van der Waals surface area contributed by atoms with Crippen molar-refractivity contribution >= 4 is 11.3 Å². The highest BCUT2D eigenvalue weighted by Gasteiger charge is 2.29. The van der Waals surface area contributed by atoms with Gasteiger partial charge in [0.2, 0.25) is 0 Å². The van der Waals surface area contributed by atoms with E-state index in [-0.39, 0.29) is 0 Å². The number of aryl methyl sites for hydroxylation is 1. The first-order valence-electron chi connectivity index (χ1n) is 7.74. The van der Waals surface area contributed by atoms with Crippen molar-refractivity contribution in [1.29, 1.82) is 0 Å². The predicted octanol–water partition coefficient (Wildman–Crippen LogP) is 4.91. The molecule has 106 valence electrons. The van der Waals surface area contributed by atoms with Crippen molar-refractivity contribution in [1.82, 2.24) is 5.32 Å². The number of hydrogen-bond donors (Lipinski definition) is 1. The lowest BCUT2D eigenvalue weighted by Gasteiger charge is -2.32. The van der Waals surface area contributed by atoms with Gasteiger partial charge in [0, 0.05) is 16.8 Å². The predicted molar refractivity (Wildman–Crippen MR) is 87.5 cm³/mol. The monoisotopic (exact) mass is 285 g/mol. The van der Waals surface area contributed by atoms with E-state index >= 15 is 0 Å². The highest BCUT2D eigenvalue weighted by molar-refractivity contribution is 7.10. The lowest BCUT2D eigenvalue weighted by Crippen LogP contribution is -2.29. The van der Waals surface area contributed by atoms with Gasteiger partial charge in [0.1, 0.15) is 0 Å². The second-order valence-electron chi connectivity index (χ2n) is 5.64. The van der Waals surface area contributed by atoms with E-state index < -0.39 is 0 Å². The average molecular weight is 285 g/mol. The molecule has 1 aliphatic carbocycles. The van der Waals surface area contributed by atoms with Crippen LogP contribution in [0.25, 0.3) is 0 Å². The number of hydrogen-bond acceptors (Lipinski definition) is 2. The minimum atomic E-state index is 0.463.